The molecule has 0 radical (unpaired) electrons. The highest BCUT2D eigenvalue weighted by molar-refractivity contribution is 5.23. The Kier molecular flexibility index (Phi) is 1.33. The van der Waals surface area contributed by atoms with Crippen molar-refractivity contribution in [2.75, 3.05) is 0 Å². The predicted molar refractivity (Wildman–Crippen MR) is 42.6 cm³/mol. The molecule has 0 fully saturated rings. The second-order valence-corrected chi connectivity index (χ2v) is 4.25. The average molecular weight is 184 g/mol. The van der Waals surface area contributed by atoms with Crippen LogP contribution in [0.15, 0.2) is 4.63 Å². The summed E-state index contributed by atoms with van der Waals surface area (Å²) in [6.07, 6.45) is 0. The predicted octanol–water partition coefficient (Wildman–Crippen LogP) is 0.808. The summed E-state index contributed by atoms with van der Waals surface area (Å²) in [6.45, 7) is 7.38. The SMILES string of the molecule is CC1(C)OC(C)(C)c2c1no[n+]2[O-]. The van der Waals surface area contributed by atoms with Gasteiger partial charge in [-0.05, 0) is 32.6 Å². The van der Waals surface area contributed by atoms with Crippen LogP contribution in [-0.4, -0.2) is 5.16 Å². The molecule has 0 aromatic carbocycles. The van der Waals surface area contributed by atoms with Gasteiger partial charge in [0.15, 0.2) is 0 Å². The molecule has 1 aromatic heterocycles. The number of fused-ring (bicyclic) bond motifs is 1. The van der Waals surface area contributed by atoms with Crippen LogP contribution in [0.2, 0.25) is 0 Å². The monoisotopic (exact) mass is 184 g/mol. The summed E-state index contributed by atoms with van der Waals surface area (Å²) in [6, 6.07) is 0. The summed E-state index contributed by atoms with van der Waals surface area (Å²) in [5.74, 6) is 0. The molecule has 0 saturated carbocycles. The minimum Gasteiger partial charge on any atom is -0.359 e. The van der Waals surface area contributed by atoms with E-state index in [1.165, 1.54) is 0 Å². The highest BCUT2D eigenvalue weighted by Gasteiger charge is 2.53. The van der Waals surface area contributed by atoms with E-state index in [0.717, 1.165) is 0 Å². The zero-order chi connectivity index (χ0) is 9.85. The third-order valence-corrected chi connectivity index (χ3v) is 2.26. The Morgan fingerprint density at radius 2 is 1.85 bits per heavy atom. The molecule has 2 heterocycles. The lowest BCUT2D eigenvalue weighted by molar-refractivity contribution is -0.811. The molecule has 0 spiro atoms. The Morgan fingerprint density at radius 3 is 2.38 bits per heavy atom. The van der Waals surface area contributed by atoms with Crippen LogP contribution >= 0.6 is 0 Å². The lowest BCUT2D eigenvalue weighted by Crippen LogP contribution is -2.36. The molecule has 5 nitrogen and oxygen atoms in total. The van der Waals surface area contributed by atoms with Crippen LogP contribution in [0, 0.1) is 5.21 Å². The fourth-order valence-corrected chi connectivity index (χ4v) is 1.88. The lowest BCUT2D eigenvalue weighted by atomic mass is 10.0. The maximum absolute atomic E-state index is 11.2. The topological polar surface area (TPSA) is 62.2 Å². The first-order chi connectivity index (χ1) is 5.84. The second kappa shape index (κ2) is 2.04. The van der Waals surface area contributed by atoms with Crippen molar-refractivity contribution in [1.82, 2.24) is 5.16 Å². The Labute approximate surface area is 75.8 Å². The van der Waals surface area contributed by atoms with Crippen molar-refractivity contribution in [3.8, 4) is 0 Å². The van der Waals surface area contributed by atoms with E-state index < -0.39 is 11.2 Å². The number of rotatable bonds is 0. The molecule has 0 saturated heterocycles. The van der Waals surface area contributed by atoms with Crippen LogP contribution in [0.25, 0.3) is 0 Å². The average Bonchev–Trinajstić information content (AvgIpc) is 2.35. The van der Waals surface area contributed by atoms with Gasteiger partial charge >= 0.3 is 0 Å². The summed E-state index contributed by atoms with van der Waals surface area (Å²) in [5.41, 5.74) is -0.108. The summed E-state index contributed by atoms with van der Waals surface area (Å²) in [5, 5.41) is 14.9. The summed E-state index contributed by atoms with van der Waals surface area (Å²) < 4.78 is 10.2. The van der Waals surface area contributed by atoms with Crippen LogP contribution in [0.4, 0.5) is 0 Å². The van der Waals surface area contributed by atoms with E-state index in [1.54, 1.807) is 0 Å². The smallest absolute Gasteiger partial charge is 0.255 e. The van der Waals surface area contributed by atoms with Crippen molar-refractivity contribution in [2.45, 2.75) is 38.9 Å². The molecule has 0 aliphatic carbocycles. The van der Waals surface area contributed by atoms with Gasteiger partial charge in [-0.2, -0.15) is 0 Å². The second-order valence-electron chi connectivity index (χ2n) is 4.25. The molecule has 0 amide bonds. The van der Waals surface area contributed by atoms with Gasteiger partial charge < -0.3 is 9.94 Å². The van der Waals surface area contributed by atoms with Gasteiger partial charge in [-0.1, -0.05) is 0 Å². The number of ether oxygens (including phenoxy) is 1. The highest BCUT2D eigenvalue weighted by Crippen LogP contribution is 2.43. The first kappa shape index (κ1) is 8.50. The van der Waals surface area contributed by atoms with Crippen LogP contribution in [0.5, 0.6) is 0 Å². The van der Waals surface area contributed by atoms with E-state index in [-0.39, 0.29) is 0 Å². The highest BCUT2D eigenvalue weighted by atomic mass is 16.8. The maximum atomic E-state index is 11.2. The molecular weight excluding hydrogens is 172 g/mol. The van der Waals surface area contributed by atoms with Gasteiger partial charge in [-0.3, -0.25) is 4.63 Å². The molecule has 0 atom stereocenters. The molecule has 2 rings (SSSR count). The summed E-state index contributed by atoms with van der Waals surface area (Å²) in [4.78, 5) is 0.421. The molecule has 5 heteroatoms. The van der Waals surface area contributed by atoms with Crippen molar-refractivity contribution in [1.29, 1.82) is 0 Å². The van der Waals surface area contributed by atoms with Crippen molar-refractivity contribution in [2.24, 2.45) is 0 Å². The van der Waals surface area contributed by atoms with Crippen molar-refractivity contribution in [3.05, 3.63) is 16.6 Å². The van der Waals surface area contributed by atoms with Crippen LogP contribution in [0.3, 0.4) is 0 Å². The molecule has 13 heavy (non-hydrogen) atoms. The molecule has 1 aliphatic heterocycles. The number of nitrogens with zero attached hydrogens (tertiary/aromatic N) is 2. The molecule has 1 aliphatic rings. The third kappa shape index (κ3) is 0.966. The Bertz CT molecular complexity index is 354. The number of aromatic nitrogens is 2. The van der Waals surface area contributed by atoms with Gasteiger partial charge in [-0.25, -0.2) is 0 Å². The van der Waals surface area contributed by atoms with Gasteiger partial charge in [0.25, 0.3) is 5.69 Å². The van der Waals surface area contributed by atoms with E-state index in [0.29, 0.717) is 16.3 Å². The van der Waals surface area contributed by atoms with Crippen molar-refractivity contribution < 1.29 is 14.3 Å². The third-order valence-electron chi connectivity index (χ3n) is 2.26. The Morgan fingerprint density at radius 1 is 1.23 bits per heavy atom. The molecule has 0 N–H and O–H groups in total. The minimum absolute atomic E-state index is 0.421. The van der Waals surface area contributed by atoms with E-state index >= 15 is 0 Å². The normalized spacial score (nSPS) is 23.1. The molecule has 0 bridgehead atoms. The van der Waals surface area contributed by atoms with E-state index in [9.17, 15) is 5.21 Å². The molecular formula is C8H12N2O3. The first-order valence-electron chi connectivity index (χ1n) is 4.15. The lowest BCUT2D eigenvalue weighted by Gasteiger charge is -2.22. The zero-order valence-electron chi connectivity index (χ0n) is 8.12. The standard InChI is InChI=1S/C8H12N2O3/c1-7(2)5-6(8(3,4)12-7)10(11)13-9-5/h1-4H3. The summed E-state index contributed by atoms with van der Waals surface area (Å²) in [7, 11) is 0. The fraction of sp³-hybridized carbons (Fsp3) is 0.750. The molecule has 72 valence electrons. The minimum atomic E-state index is -0.624. The van der Waals surface area contributed by atoms with Gasteiger partial charge in [0, 0.05) is 5.16 Å². The quantitative estimate of drug-likeness (QED) is 0.560. The molecule has 0 unspecified atom stereocenters. The fourth-order valence-electron chi connectivity index (χ4n) is 1.88. The largest absolute Gasteiger partial charge is 0.359 e. The van der Waals surface area contributed by atoms with E-state index in [4.69, 9.17) is 4.74 Å². The van der Waals surface area contributed by atoms with Crippen LogP contribution < -0.4 is 4.90 Å². The molecule has 1 aromatic rings. The van der Waals surface area contributed by atoms with Crippen LogP contribution in [0.1, 0.15) is 39.1 Å². The van der Waals surface area contributed by atoms with Gasteiger partial charge in [-0.15, -0.1) is 0 Å². The summed E-state index contributed by atoms with van der Waals surface area (Å²) >= 11 is 0. The van der Waals surface area contributed by atoms with Crippen molar-refractivity contribution >= 4 is 0 Å². The van der Waals surface area contributed by atoms with E-state index in [1.807, 2.05) is 27.7 Å². The first-order valence-corrected chi connectivity index (χ1v) is 4.15. The van der Waals surface area contributed by atoms with Gasteiger partial charge in [0.2, 0.25) is 5.69 Å². The van der Waals surface area contributed by atoms with E-state index in [2.05, 4.69) is 9.79 Å². The van der Waals surface area contributed by atoms with Gasteiger partial charge in [0.05, 0.1) is 0 Å². The maximum Gasteiger partial charge on any atom is 0.255 e. The number of hydrogen-bond acceptors (Lipinski definition) is 4. The Balaban J connectivity index is 2.67. The Hall–Kier alpha value is -1.10. The van der Waals surface area contributed by atoms with Gasteiger partial charge in [0.1, 0.15) is 11.2 Å². The van der Waals surface area contributed by atoms with Crippen LogP contribution in [-0.2, 0) is 15.9 Å². The number of hydrogen-bond donors (Lipinski definition) is 0. The van der Waals surface area contributed by atoms with Crippen molar-refractivity contribution in [3.63, 3.8) is 0 Å². The zero-order valence-corrected chi connectivity index (χ0v) is 8.12.